The monoisotopic (exact) mass is 365 g/mol. The Kier molecular flexibility index (Phi) is 3.52. The molecule has 0 radical (unpaired) electrons. The van der Waals surface area contributed by atoms with E-state index in [1.54, 1.807) is 33.9 Å². The summed E-state index contributed by atoms with van der Waals surface area (Å²) < 4.78 is 23.4. The minimum absolute atomic E-state index is 0.252. The third-order valence-corrected chi connectivity index (χ3v) is 4.79. The van der Waals surface area contributed by atoms with E-state index >= 15 is 0 Å². The van der Waals surface area contributed by atoms with Gasteiger partial charge >= 0.3 is 0 Å². The van der Waals surface area contributed by atoms with E-state index in [1.165, 1.54) is 6.07 Å². The second-order valence-corrected chi connectivity index (χ2v) is 6.31. The molecule has 0 unspecified atom stereocenters. The van der Waals surface area contributed by atoms with Crippen LogP contribution in [0.1, 0.15) is 11.1 Å². The van der Waals surface area contributed by atoms with Gasteiger partial charge in [0.15, 0.2) is 5.65 Å². The molecule has 1 N–H and O–H groups in total. The molecular formula is C18H16FN7O. The summed E-state index contributed by atoms with van der Waals surface area (Å²) in [5, 5.41) is 15.6. The van der Waals surface area contributed by atoms with E-state index in [1.807, 2.05) is 13.1 Å². The van der Waals surface area contributed by atoms with E-state index in [0.717, 1.165) is 22.6 Å². The molecule has 1 aromatic carbocycles. The first-order chi connectivity index (χ1) is 13.2. The minimum Gasteiger partial charge on any atom is -0.493 e. The molecule has 4 aromatic rings. The largest absolute Gasteiger partial charge is 0.493 e. The van der Waals surface area contributed by atoms with Crippen molar-refractivity contribution in [1.29, 1.82) is 0 Å². The molecule has 5 rings (SSSR count). The predicted octanol–water partition coefficient (Wildman–Crippen LogP) is 2.21. The van der Waals surface area contributed by atoms with Crippen LogP contribution < -0.4 is 10.1 Å². The highest BCUT2D eigenvalue weighted by Crippen LogP contribution is 2.31. The van der Waals surface area contributed by atoms with Crippen molar-refractivity contribution < 1.29 is 9.13 Å². The number of aryl methyl sites for hydroxylation is 1. The Labute approximate surface area is 153 Å². The molecule has 0 fully saturated rings. The quantitative estimate of drug-likeness (QED) is 0.597. The summed E-state index contributed by atoms with van der Waals surface area (Å²) in [4.78, 5) is 4.49. The van der Waals surface area contributed by atoms with Gasteiger partial charge in [0.25, 0.3) is 0 Å². The van der Waals surface area contributed by atoms with Crippen molar-refractivity contribution in [3.63, 3.8) is 0 Å². The molecular weight excluding hydrogens is 349 g/mol. The number of nitrogens with one attached hydrogen (secondary N) is 1. The van der Waals surface area contributed by atoms with Crippen LogP contribution in [-0.4, -0.2) is 36.0 Å². The van der Waals surface area contributed by atoms with Crippen LogP contribution >= 0.6 is 0 Å². The molecule has 27 heavy (non-hydrogen) atoms. The number of anilines is 1. The molecule has 0 saturated heterocycles. The van der Waals surface area contributed by atoms with Crippen molar-refractivity contribution in [2.24, 2.45) is 7.05 Å². The summed E-state index contributed by atoms with van der Waals surface area (Å²) in [6, 6.07) is 5.01. The summed E-state index contributed by atoms with van der Waals surface area (Å²) in [5.41, 5.74) is 3.87. The lowest BCUT2D eigenvalue weighted by Crippen LogP contribution is -2.10. The van der Waals surface area contributed by atoms with Gasteiger partial charge in [-0.05, 0) is 18.2 Å². The van der Waals surface area contributed by atoms with Crippen molar-refractivity contribution in [2.75, 3.05) is 11.9 Å². The first-order valence-electron chi connectivity index (χ1n) is 8.56. The van der Waals surface area contributed by atoms with Crippen LogP contribution in [0.5, 0.6) is 5.75 Å². The standard InChI is InChI=1S/C18H16FN7O/c1-25-15(4-6-23-25)13-9-21-18(26-10-22-24-17(13)26)20-8-12-11-5-7-27-16(11)3-2-14(12)19/h2-4,6,9-10H,5,7-8H2,1H3,(H,20,21). The predicted molar refractivity (Wildman–Crippen MR) is 95.9 cm³/mol. The highest BCUT2D eigenvalue weighted by Gasteiger charge is 2.20. The number of hydrogen-bond acceptors (Lipinski definition) is 6. The molecule has 1 aliphatic rings. The fraction of sp³-hybridized carbons (Fsp3) is 0.222. The Morgan fingerprint density at radius 2 is 2.22 bits per heavy atom. The normalized spacial score (nSPS) is 13.0. The number of ether oxygens (including phenoxy) is 1. The lowest BCUT2D eigenvalue weighted by Gasteiger charge is -2.12. The summed E-state index contributed by atoms with van der Waals surface area (Å²) in [7, 11) is 1.86. The Balaban J connectivity index is 1.50. The molecule has 0 spiro atoms. The Morgan fingerprint density at radius 3 is 3.07 bits per heavy atom. The SMILES string of the molecule is Cn1nccc1-c1cnc(NCc2c(F)ccc3c2CCO3)n2cnnc12. The van der Waals surface area contributed by atoms with Gasteiger partial charge < -0.3 is 10.1 Å². The zero-order valence-corrected chi connectivity index (χ0v) is 14.6. The Hall–Kier alpha value is -3.49. The van der Waals surface area contributed by atoms with Gasteiger partial charge in [0, 0.05) is 43.5 Å². The molecule has 1 aliphatic heterocycles. The van der Waals surface area contributed by atoms with Crippen LogP contribution in [-0.2, 0) is 20.0 Å². The lowest BCUT2D eigenvalue weighted by molar-refractivity contribution is 0.356. The van der Waals surface area contributed by atoms with Crippen molar-refractivity contribution in [3.05, 3.63) is 53.9 Å². The van der Waals surface area contributed by atoms with Gasteiger partial charge in [0.2, 0.25) is 5.95 Å². The first-order valence-corrected chi connectivity index (χ1v) is 8.56. The Bertz CT molecular complexity index is 1150. The maximum absolute atomic E-state index is 14.3. The number of hydrogen-bond donors (Lipinski definition) is 1. The molecule has 8 nitrogen and oxygen atoms in total. The molecule has 9 heteroatoms. The van der Waals surface area contributed by atoms with Crippen LogP contribution in [0.3, 0.4) is 0 Å². The molecule has 0 amide bonds. The van der Waals surface area contributed by atoms with E-state index in [4.69, 9.17) is 4.74 Å². The van der Waals surface area contributed by atoms with E-state index in [-0.39, 0.29) is 5.82 Å². The lowest BCUT2D eigenvalue weighted by atomic mass is 10.0. The second-order valence-electron chi connectivity index (χ2n) is 6.31. The zero-order chi connectivity index (χ0) is 18.4. The number of rotatable bonds is 4. The van der Waals surface area contributed by atoms with Crippen LogP contribution in [0, 0.1) is 5.82 Å². The number of benzene rings is 1. The smallest absolute Gasteiger partial charge is 0.210 e. The maximum Gasteiger partial charge on any atom is 0.210 e. The topological polar surface area (TPSA) is 82.2 Å². The molecule has 3 aromatic heterocycles. The van der Waals surface area contributed by atoms with Crippen LogP contribution in [0.4, 0.5) is 10.3 Å². The molecule has 0 aliphatic carbocycles. The van der Waals surface area contributed by atoms with Crippen LogP contribution in [0.15, 0.2) is 36.9 Å². The Morgan fingerprint density at radius 1 is 1.30 bits per heavy atom. The summed E-state index contributed by atoms with van der Waals surface area (Å²) in [5.74, 6) is 1.04. The van der Waals surface area contributed by atoms with Crippen molar-refractivity contribution in [3.8, 4) is 17.0 Å². The fourth-order valence-corrected chi connectivity index (χ4v) is 3.44. The van der Waals surface area contributed by atoms with Gasteiger partial charge in [-0.25, -0.2) is 9.37 Å². The van der Waals surface area contributed by atoms with Gasteiger partial charge in [0.05, 0.1) is 17.9 Å². The molecule has 4 heterocycles. The summed E-state index contributed by atoms with van der Waals surface area (Å²) >= 11 is 0. The number of aromatic nitrogens is 6. The average molecular weight is 365 g/mol. The zero-order valence-electron chi connectivity index (χ0n) is 14.6. The van der Waals surface area contributed by atoms with E-state index in [9.17, 15) is 4.39 Å². The molecule has 0 saturated carbocycles. The van der Waals surface area contributed by atoms with Gasteiger partial charge in [-0.2, -0.15) is 5.10 Å². The van der Waals surface area contributed by atoms with Gasteiger partial charge in [-0.15, -0.1) is 10.2 Å². The second kappa shape index (κ2) is 6.04. The van der Waals surface area contributed by atoms with Crippen LogP contribution in [0.25, 0.3) is 16.9 Å². The fourth-order valence-electron chi connectivity index (χ4n) is 3.44. The van der Waals surface area contributed by atoms with E-state index < -0.39 is 0 Å². The van der Waals surface area contributed by atoms with Crippen molar-refractivity contribution in [2.45, 2.75) is 13.0 Å². The summed E-state index contributed by atoms with van der Waals surface area (Å²) in [6.07, 6.45) is 5.73. The highest BCUT2D eigenvalue weighted by molar-refractivity contribution is 5.75. The third-order valence-electron chi connectivity index (χ3n) is 4.79. The van der Waals surface area contributed by atoms with Crippen molar-refractivity contribution >= 4 is 11.6 Å². The van der Waals surface area contributed by atoms with E-state index in [2.05, 4.69) is 25.6 Å². The number of halogens is 1. The average Bonchev–Trinajstić information content (AvgIpc) is 3.41. The highest BCUT2D eigenvalue weighted by atomic mass is 19.1. The van der Waals surface area contributed by atoms with Crippen molar-refractivity contribution in [1.82, 2.24) is 29.4 Å². The van der Waals surface area contributed by atoms with Crippen LogP contribution in [0.2, 0.25) is 0 Å². The van der Waals surface area contributed by atoms with Gasteiger partial charge in [-0.3, -0.25) is 9.08 Å². The maximum atomic E-state index is 14.3. The third kappa shape index (κ3) is 2.50. The molecule has 0 atom stereocenters. The van der Waals surface area contributed by atoms with Gasteiger partial charge in [0.1, 0.15) is 17.9 Å². The molecule has 136 valence electrons. The first kappa shape index (κ1) is 15.7. The van der Waals surface area contributed by atoms with E-state index in [0.29, 0.717) is 36.7 Å². The molecule has 0 bridgehead atoms. The number of fused-ring (bicyclic) bond motifs is 2. The minimum atomic E-state index is -0.252. The number of nitrogens with zero attached hydrogens (tertiary/aromatic N) is 6. The summed E-state index contributed by atoms with van der Waals surface area (Å²) in [6.45, 7) is 0.878. The van der Waals surface area contributed by atoms with Gasteiger partial charge in [-0.1, -0.05) is 0 Å².